The Labute approximate surface area is 116 Å². The largest absolute Gasteiger partial charge is 0.457 e. The molecule has 3 heteroatoms. The molecule has 0 aliphatic rings. The van der Waals surface area contributed by atoms with Gasteiger partial charge in [0.05, 0.1) is 0 Å². The maximum Gasteiger partial charge on any atom is 0.132 e. The Kier molecular flexibility index (Phi) is 4.39. The van der Waals surface area contributed by atoms with E-state index < -0.39 is 0 Å². The minimum Gasteiger partial charge on any atom is -0.457 e. The van der Waals surface area contributed by atoms with E-state index in [0.717, 1.165) is 28.0 Å². The summed E-state index contributed by atoms with van der Waals surface area (Å²) in [5.74, 6) is 1.63. The smallest absolute Gasteiger partial charge is 0.132 e. The van der Waals surface area contributed by atoms with Crippen molar-refractivity contribution in [2.75, 3.05) is 0 Å². The Morgan fingerprint density at radius 2 is 1.94 bits per heavy atom. The van der Waals surface area contributed by atoms with Crippen molar-refractivity contribution in [3.8, 4) is 11.5 Å². The lowest BCUT2D eigenvalue weighted by Gasteiger charge is -2.15. The highest BCUT2D eigenvalue weighted by Crippen LogP contribution is 2.30. The summed E-state index contributed by atoms with van der Waals surface area (Å²) in [6.45, 7) is 2.07. The fourth-order valence-electron chi connectivity index (χ4n) is 1.76. The third-order valence-corrected chi connectivity index (χ3v) is 3.28. The number of nitrogens with two attached hydrogens (primary N) is 1. The summed E-state index contributed by atoms with van der Waals surface area (Å²) in [5.41, 5.74) is 7.13. The van der Waals surface area contributed by atoms with Crippen LogP contribution in [0.4, 0.5) is 0 Å². The molecule has 0 unspecified atom stereocenters. The highest BCUT2D eigenvalue weighted by molar-refractivity contribution is 9.10. The van der Waals surface area contributed by atoms with Gasteiger partial charge in [-0.25, -0.2) is 0 Å². The van der Waals surface area contributed by atoms with Crippen LogP contribution in [0.15, 0.2) is 53.0 Å². The van der Waals surface area contributed by atoms with Gasteiger partial charge >= 0.3 is 0 Å². The van der Waals surface area contributed by atoms with E-state index in [2.05, 4.69) is 22.9 Å². The Morgan fingerprint density at radius 3 is 2.67 bits per heavy atom. The van der Waals surface area contributed by atoms with E-state index in [-0.39, 0.29) is 6.04 Å². The van der Waals surface area contributed by atoms with E-state index in [9.17, 15) is 0 Å². The molecule has 2 N–H and O–H groups in total. The summed E-state index contributed by atoms with van der Waals surface area (Å²) in [6, 6.07) is 15.7. The van der Waals surface area contributed by atoms with Crippen LogP contribution in [-0.2, 0) is 0 Å². The number of halogens is 1. The first-order valence-corrected chi connectivity index (χ1v) is 6.78. The monoisotopic (exact) mass is 305 g/mol. The van der Waals surface area contributed by atoms with Gasteiger partial charge in [0.1, 0.15) is 11.5 Å². The zero-order valence-electron chi connectivity index (χ0n) is 10.3. The van der Waals surface area contributed by atoms with Gasteiger partial charge in [0, 0.05) is 16.1 Å². The summed E-state index contributed by atoms with van der Waals surface area (Å²) >= 11 is 3.43. The summed E-state index contributed by atoms with van der Waals surface area (Å²) in [7, 11) is 0. The van der Waals surface area contributed by atoms with Gasteiger partial charge in [-0.1, -0.05) is 47.1 Å². The quantitative estimate of drug-likeness (QED) is 0.892. The molecular formula is C15H16BrNO. The van der Waals surface area contributed by atoms with E-state index in [4.69, 9.17) is 10.5 Å². The van der Waals surface area contributed by atoms with Gasteiger partial charge < -0.3 is 10.5 Å². The zero-order valence-corrected chi connectivity index (χ0v) is 11.9. The third kappa shape index (κ3) is 3.12. The molecule has 94 valence electrons. The second-order valence-electron chi connectivity index (χ2n) is 4.11. The molecule has 2 aromatic carbocycles. The molecule has 0 amide bonds. The fraction of sp³-hybridized carbons (Fsp3) is 0.200. The van der Waals surface area contributed by atoms with E-state index in [1.807, 2.05) is 48.5 Å². The fourth-order valence-corrected chi connectivity index (χ4v) is 2.14. The Balaban J connectivity index is 2.29. The SMILES string of the molecule is CC[C@@H](N)c1ccccc1Oc1cccc(Br)c1. The minimum atomic E-state index is 0.00773. The highest BCUT2D eigenvalue weighted by atomic mass is 79.9. The summed E-state index contributed by atoms with van der Waals surface area (Å²) < 4.78 is 6.90. The van der Waals surface area contributed by atoms with Gasteiger partial charge in [-0.2, -0.15) is 0 Å². The van der Waals surface area contributed by atoms with Crippen LogP contribution in [0, 0.1) is 0 Å². The van der Waals surface area contributed by atoms with Crippen molar-refractivity contribution < 1.29 is 4.74 Å². The van der Waals surface area contributed by atoms with E-state index in [1.54, 1.807) is 0 Å². The molecule has 2 aromatic rings. The van der Waals surface area contributed by atoms with Crippen molar-refractivity contribution in [1.82, 2.24) is 0 Å². The predicted octanol–water partition coefficient (Wildman–Crippen LogP) is 4.65. The molecule has 0 saturated heterocycles. The molecule has 2 rings (SSSR count). The normalized spacial score (nSPS) is 12.2. The lowest BCUT2D eigenvalue weighted by atomic mass is 10.0. The van der Waals surface area contributed by atoms with Gasteiger partial charge in [0.15, 0.2) is 0 Å². The van der Waals surface area contributed by atoms with Crippen molar-refractivity contribution in [2.45, 2.75) is 19.4 Å². The molecule has 0 radical (unpaired) electrons. The molecule has 0 aliphatic carbocycles. The Hall–Kier alpha value is -1.32. The van der Waals surface area contributed by atoms with Crippen LogP contribution in [0.3, 0.4) is 0 Å². The minimum absolute atomic E-state index is 0.00773. The van der Waals surface area contributed by atoms with Crippen LogP contribution in [0.5, 0.6) is 11.5 Å². The topological polar surface area (TPSA) is 35.2 Å². The zero-order chi connectivity index (χ0) is 13.0. The molecule has 0 spiro atoms. The van der Waals surface area contributed by atoms with Crippen LogP contribution in [-0.4, -0.2) is 0 Å². The maximum absolute atomic E-state index is 6.09. The number of para-hydroxylation sites is 1. The first-order valence-electron chi connectivity index (χ1n) is 5.98. The van der Waals surface area contributed by atoms with Crippen molar-refractivity contribution in [3.05, 3.63) is 58.6 Å². The van der Waals surface area contributed by atoms with Crippen LogP contribution in [0.25, 0.3) is 0 Å². The number of benzene rings is 2. The lowest BCUT2D eigenvalue weighted by Crippen LogP contribution is -2.09. The van der Waals surface area contributed by atoms with Gasteiger partial charge in [0.25, 0.3) is 0 Å². The molecule has 0 fully saturated rings. The molecule has 0 aromatic heterocycles. The maximum atomic E-state index is 6.09. The standard InChI is InChI=1S/C15H16BrNO/c1-2-14(17)13-8-3-4-9-15(13)18-12-7-5-6-11(16)10-12/h3-10,14H,2,17H2,1H3/t14-/m1/s1. The Bertz CT molecular complexity index is 527. The van der Waals surface area contributed by atoms with E-state index in [1.165, 1.54) is 0 Å². The van der Waals surface area contributed by atoms with Crippen LogP contribution in [0.2, 0.25) is 0 Å². The molecule has 0 aliphatic heterocycles. The molecule has 0 saturated carbocycles. The number of hydrogen-bond acceptors (Lipinski definition) is 2. The van der Waals surface area contributed by atoms with E-state index in [0.29, 0.717) is 0 Å². The summed E-state index contributed by atoms with van der Waals surface area (Å²) in [5, 5.41) is 0. The summed E-state index contributed by atoms with van der Waals surface area (Å²) in [6.07, 6.45) is 0.888. The Morgan fingerprint density at radius 1 is 1.17 bits per heavy atom. The van der Waals surface area contributed by atoms with Crippen molar-refractivity contribution in [3.63, 3.8) is 0 Å². The first-order chi connectivity index (χ1) is 8.70. The second-order valence-corrected chi connectivity index (χ2v) is 5.03. The number of hydrogen-bond donors (Lipinski definition) is 1. The number of rotatable bonds is 4. The molecule has 0 bridgehead atoms. The summed E-state index contributed by atoms with van der Waals surface area (Å²) in [4.78, 5) is 0. The third-order valence-electron chi connectivity index (χ3n) is 2.78. The average molecular weight is 306 g/mol. The molecule has 18 heavy (non-hydrogen) atoms. The van der Waals surface area contributed by atoms with Crippen LogP contribution >= 0.6 is 15.9 Å². The highest BCUT2D eigenvalue weighted by Gasteiger charge is 2.10. The van der Waals surface area contributed by atoms with Crippen LogP contribution in [0.1, 0.15) is 24.9 Å². The first kappa shape index (κ1) is 13.1. The van der Waals surface area contributed by atoms with Crippen LogP contribution < -0.4 is 10.5 Å². The van der Waals surface area contributed by atoms with Gasteiger partial charge in [-0.05, 0) is 30.7 Å². The predicted molar refractivity (Wildman–Crippen MR) is 77.9 cm³/mol. The molecule has 0 heterocycles. The van der Waals surface area contributed by atoms with Crippen molar-refractivity contribution in [1.29, 1.82) is 0 Å². The molecule has 1 atom stereocenters. The second kappa shape index (κ2) is 6.03. The van der Waals surface area contributed by atoms with Gasteiger partial charge in [-0.15, -0.1) is 0 Å². The average Bonchev–Trinajstić information content (AvgIpc) is 2.38. The van der Waals surface area contributed by atoms with E-state index >= 15 is 0 Å². The number of ether oxygens (including phenoxy) is 1. The van der Waals surface area contributed by atoms with Crippen molar-refractivity contribution in [2.24, 2.45) is 5.73 Å². The molecule has 2 nitrogen and oxygen atoms in total. The van der Waals surface area contributed by atoms with Crippen molar-refractivity contribution >= 4 is 15.9 Å². The van der Waals surface area contributed by atoms with Gasteiger partial charge in [-0.3, -0.25) is 0 Å². The lowest BCUT2D eigenvalue weighted by molar-refractivity contribution is 0.468. The van der Waals surface area contributed by atoms with Gasteiger partial charge in [0.2, 0.25) is 0 Å². The molecular weight excluding hydrogens is 290 g/mol.